The lowest BCUT2D eigenvalue weighted by Crippen LogP contribution is -2.42. The first kappa shape index (κ1) is 13.3. The van der Waals surface area contributed by atoms with Gasteiger partial charge in [-0.1, -0.05) is 12.8 Å². The number of carbonyl (C=O) groups excluding carboxylic acids is 1. The van der Waals surface area contributed by atoms with Crippen molar-refractivity contribution in [3.63, 3.8) is 0 Å². The van der Waals surface area contributed by atoms with Gasteiger partial charge in [0.25, 0.3) is 5.91 Å². The molecule has 0 radical (unpaired) electrons. The number of ether oxygens (including phenoxy) is 1. The molecule has 1 saturated heterocycles. The lowest BCUT2D eigenvalue weighted by atomic mass is 9.89. The molecule has 20 heavy (non-hydrogen) atoms. The second kappa shape index (κ2) is 5.36. The zero-order chi connectivity index (χ0) is 14.0. The molecule has 1 aliphatic carbocycles. The molecule has 1 aliphatic heterocycles. The molecule has 3 rings (SSSR count). The lowest BCUT2D eigenvalue weighted by molar-refractivity contribution is -0.0767. The topological polar surface area (TPSA) is 90.1 Å². The van der Waals surface area contributed by atoms with E-state index >= 15 is 0 Å². The summed E-state index contributed by atoms with van der Waals surface area (Å²) >= 11 is 0. The summed E-state index contributed by atoms with van der Waals surface area (Å²) in [6, 6.07) is 3.71. The fraction of sp³-hybridized carbons (Fsp3) is 0.643. The van der Waals surface area contributed by atoms with E-state index in [0.29, 0.717) is 11.9 Å². The van der Waals surface area contributed by atoms with Gasteiger partial charge in [0.05, 0.1) is 5.60 Å². The lowest BCUT2D eigenvalue weighted by Gasteiger charge is -2.38. The maximum absolute atomic E-state index is 11.0. The zero-order valence-electron chi connectivity index (χ0n) is 11.5. The largest absolute Gasteiger partial charge is 0.375 e. The van der Waals surface area contributed by atoms with Crippen molar-refractivity contribution < 1.29 is 9.53 Å². The van der Waals surface area contributed by atoms with E-state index in [9.17, 15) is 4.79 Å². The minimum atomic E-state index is -0.556. The van der Waals surface area contributed by atoms with Gasteiger partial charge in [-0.05, 0) is 37.8 Å². The molecule has 1 spiro atoms. The maximum atomic E-state index is 11.0. The third-order valence-corrected chi connectivity index (χ3v) is 4.28. The van der Waals surface area contributed by atoms with Crippen LogP contribution in [0, 0.1) is 0 Å². The summed E-state index contributed by atoms with van der Waals surface area (Å²) in [5.41, 5.74) is 5.42. The molecule has 3 N–H and O–H groups in total. The van der Waals surface area contributed by atoms with Crippen LogP contribution >= 0.6 is 0 Å². The highest BCUT2D eigenvalue weighted by atomic mass is 16.5. The number of amides is 1. The fourth-order valence-electron chi connectivity index (χ4n) is 3.27. The number of hydrogen-bond acceptors (Lipinski definition) is 5. The highest BCUT2D eigenvalue weighted by molar-refractivity contribution is 5.90. The standard InChI is InChI=1S/C14H20N4O2/c15-13(19)11-3-4-12(18-17-11)16-10-5-8-20-14(9-10)6-1-2-7-14/h3-4,10H,1-2,5-9H2,(H2,15,19)(H,16,18)/t10-/m0/s1. The van der Waals surface area contributed by atoms with Crippen LogP contribution in [0.15, 0.2) is 12.1 Å². The minimum Gasteiger partial charge on any atom is -0.375 e. The van der Waals surface area contributed by atoms with Crippen molar-refractivity contribution in [2.75, 3.05) is 11.9 Å². The molecular formula is C14H20N4O2. The molecule has 1 saturated carbocycles. The number of nitrogens with one attached hydrogen (secondary N) is 1. The van der Waals surface area contributed by atoms with Gasteiger partial charge in [0.2, 0.25) is 0 Å². The highest BCUT2D eigenvalue weighted by Gasteiger charge is 2.39. The Morgan fingerprint density at radius 3 is 2.80 bits per heavy atom. The van der Waals surface area contributed by atoms with Crippen LogP contribution in [0.4, 0.5) is 5.82 Å². The van der Waals surface area contributed by atoms with E-state index in [1.165, 1.54) is 12.8 Å². The van der Waals surface area contributed by atoms with Crippen molar-refractivity contribution in [3.05, 3.63) is 17.8 Å². The molecule has 1 aromatic heterocycles. The summed E-state index contributed by atoms with van der Waals surface area (Å²) in [7, 11) is 0. The van der Waals surface area contributed by atoms with Crippen LogP contribution in [-0.2, 0) is 4.74 Å². The minimum absolute atomic E-state index is 0.0799. The van der Waals surface area contributed by atoms with Gasteiger partial charge < -0.3 is 15.8 Å². The van der Waals surface area contributed by atoms with Gasteiger partial charge in [-0.3, -0.25) is 4.79 Å². The molecule has 1 atom stereocenters. The Labute approximate surface area is 118 Å². The number of hydrogen-bond donors (Lipinski definition) is 2. The smallest absolute Gasteiger partial charge is 0.269 e. The molecular weight excluding hydrogens is 256 g/mol. The number of rotatable bonds is 3. The summed E-state index contributed by atoms with van der Waals surface area (Å²) in [6.45, 7) is 0.796. The third kappa shape index (κ3) is 2.75. The monoisotopic (exact) mass is 276 g/mol. The Bertz CT molecular complexity index is 482. The van der Waals surface area contributed by atoms with Crippen molar-refractivity contribution >= 4 is 11.7 Å². The fourth-order valence-corrected chi connectivity index (χ4v) is 3.27. The second-order valence-corrected chi connectivity index (χ2v) is 5.74. The zero-order valence-corrected chi connectivity index (χ0v) is 11.5. The van der Waals surface area contributed by atoms with E-state index in [4.69, 9.17) is 10.5 Å². The van der Waals surface area contributed by atoms with E-state index in [1.54, 1.807) is 12.1 Å². The Morgan fingerprint density at radius 1 is 1.35 bits per heavy atom. The summed E-state index contributed by atoms with van der Waals surface area (Å²) in [5.74, 6) is 0.134. The first-order chi connectivity index (χ1) is 9.67. The van der Waals surface area contributed by atoms with Gasteiger partial charge in [-0.15, -0.1) is 10.2 Å². The van der Waals surface area contributed by atoms with Crippen LogP contribution in [0.2, 0.25) is 0 Å². The van der Waals surface area contributed by atoms with Crippen LogP contribution in [0.3, 0.4) is 0 Å². The van der Waals surface area contributed by atoms with E-state index in [1.807, 2.05) is 0 Å². The third-order valence-electron chi connectivity index (χ3n) is 4.28. The van der Waals surface area contributed by atoms with Crippen LogP contribution in [0.25, 0.3) is 0 Å². The van der Waals surface area contributed by atoms with Crippen molar-refractivity contribution in [1.82, 2.24) is 10.2 Å². The molecule has 2 aliphatic rings. The summed E-state index contributed by atoms with van der Waals surface area (Å²) in [5, 5.41) is 11.2. The average Bonchev–Trinajstić information content (AvgIpc) is 2.87. The van der Waals surface area contributed by atoms with E-state index in [-0.39, 0.29) is 11.3 Å². The molecule has 6 nitrogen and oxygen atoms in total. The Hall–Kier alpha value is -1.69. The molecule has 1 amide bonds. The first-order valence-corrected chi connectivity index (χ1v) is 7.21. The average molecular weight is 276 g/mol. The molecule has 0 unspecified atom stereocenters. The Kier molecular flexibility index (Phi) is 3.56. The number of nitrogens with two attached hydrogens (primary N) is 1. The summed E-state index contributed by atoms with van der Waals surface area (Å²) in [6.07, 6.45) is 6.85. The Balaban J connectivity index is 1.63. The summed E-state index contributed by atoms with van der Waals surface area (Å²) < 4.78 is 6.01. The van der Waals surface area contributed by atoms with Gasteiger partial charge in [-0.25, -0.2) is 0 Å². The van der Waals surface area contributed by atoms with Crippen molar-refractivity contribution in [2.45, 2.75) is 50.2 Å². The second-order valence-electron chi connectivity index (χ2n) is 5.74. The predicted molar refractivity (Wildman–Crippen MR) is 74.3 cm³/mol. The van der Waals surface area contributed by atoms with Crippen LogP contribution in [-0.4, -0.2) is 34.4 Å². The van der Waals surface area contributed by atoms with Crippen LogP contribution in [0.1, 0.15) is 49.0 Å². The number of anilines is 1. The molecule has 2 fully saturated rings. The van der Waals surface area contributed by atoms with Gasteiger partial charge in [0.1, 0.15) is 5.82 Å². The van der Waals surface area contributed by atoms with Crippen LogP contribution < -0.4 is 11.1 Å². The SMILES string of the molecule is NC(=O)c1ccc(N[C@H]2CCOC3(CCCC3)C2)nn1. The van der Waals surface area contributed by atoms with Gasteiger partial charge in [-0.2, -0.15) is 0 Å². The quantitative estimate of drug-likeness (QED) is 0.872. The molecule has 1 aromatic rings. The molecule has 108 valence electrons. The van der Waals surface area contributed by atoms with Crippen molar-refractivity contribution in [3.8, 4) is 0 Å². The highest BCUT2D eigenvalue weighted by Crippen LogP contribution is 2.40. The number of primary amides is 1. The number of carbonyl (C=O) groups is 1. The van der Waals surface area contributed by atoms with E-state index in [0.717, 1.165) is 32.3 Å². The number of nitrogens with zero attached hydrogens (tertiary/aromatic N) is 2. The van der Waals surface area contributed by atoms with Crippen molar-refractivity contribution in [2.24, 2.45) is 5.73 Å². The van der Waals surface area contributed by atoms with E-state index < -0.39 is 5.91 Å². The Morgan fingerprint density at radius 2 is 2.15 bits per heavy atom. The van der Waals surface area contributed by atoms with E-state index in [2.05, 4.69) is 15.5 Å². The van der Waals surface area contributed by atoms with Gasteiger partial charge in [0.15, 0.2) is 5.69 Å². The molecule has 0 aromatic carbocycles. The van der Waals surface area contributed by atoms with Crippen molar-refractivity contribution in [1.29, 1.82) is 0 Å². The van der Waals surface area contributed by atoms with Gasteiger partial charge in [0, 0.05) is 12.6 Å². The predicted octanol–water partition coefficient (Wildman–Crippen LogP) is 1.48. The molecule has 2 heterocycles. The first-order valence-electron chi connectivity index (χ1n) is 7.21. The summed E-state index contributed by atoms with van der Waals surface area (Å²) in [4.78, 5) is 11.0. The molecule has 0 bridgehead atoms. The maximum Gasteiger partial charge on any atom is 0.269 e. The normalized spacial score (nSPS) is 24.7. The number of aromatic nitrogens is 2. The van der Waals surface area contributed by atoms with Gasteiger partial charge >= 0.3 is 0 Å². The molecule has 6 heteroatoms. The van der Waals surface area contributed by atoms with Crippen LogP contribution in [0.5, 0.6) is 0 Å².